The molecule has 1 aromatic carbocycles. The Balaban J connectivity index is 2.87. The Labute approximate surface area is 137 Å². The highest BCUT2D eigenvalue weighted by atomic mass is 32.2. The van der Waals surface area contributed by atoms with Crippen LogP contribution in [0.25, 0.3) is 0 Å². The van der Waals surface area contributed by atoms with Crippen LogP contribution in [0, 0.1) is 0 Å². The summed E-state index contributed by atoms with van der Waals surface area (Å²) in [5.74, 6) is -0.291. The van der Waals surface area contributed by atoms with Crippen molar-refractivity contribution < 1.29 is 17.9 Å². The van der Waals surface area contributed by atoms with Crippen LogP contribution in [0.2, 0.25) is 0 Å². The summed E-state index contributed by atoms with van der Waals surface area (Å²) >= 11 is 0. The zero-order valence-electron chi connectivity index (χ0n) is 13.9. The molecule has 130 valence electrons. The molecule has 1 amide bonds. The Kier molecular flexibility index (Phi) is 6.69. The lowest BCUT2D eigenvalue weighted by molar-refractivity contribution is -0.118. The van der Waals surface area contributed by atoms with E-state index in [0.29, 0.717) is 5.69 Å². The molecule has 0 fully saturated rings. The van der Waals surface area contributed by atoms with E-state index in [1.807, 2.05) is 0 Å². The molecule has 1 aromatic rings. The second-order valence-electron chi connectivity index (χ2n) is 6.23. The maximum atomic E-state index is 12.3. The fraction of sp³-hybridized carbons (Fsp3) is 0.533. The second-order valence-corrected chi connectivity index (χ2v) is 7.91. The molecule has 0 bridgehead atoms. The van der Waals surface area contributed by atoms with Gasteiger partial charge in [-0.2, -0.15) is 0 Å². The van der Waals surface area contributed by atoms with E-state index in [4.69, 9.17) is 10.5 Å². The largest absolute Gasteiger partial charge is 0.380 e. The van der Waals surface area contributed by atoms with Crippen molar-refractivity contribution in [1.29, 1.82) is 0 Å². The first-order chi connectivity index (χ1) is 10.6. The first-order valence-electron chi connectivity index (χ1n) is 7.24. The molecule has 0 aliphatic rings. The van der Waals surface area contributed by atoms with Gasteiger partial charge in [-0.15, -0.1) is 0 Å². The molecule has 0 heterocycles. The van der Waals surface area contributed by atoms with E-state index >= 15 is 0 Å². The summed E-state index contributed by atoms with van der Waals surface area (Å²) in [6.07, 6.45) is -0.269. The van der Waals surface area contributed by atoms with E-state index < -0.39 is 15.6 Å². The van der Waals surface area contributed by atoms with Gasteiger partial charge < -0.3 is 15.8 Å². The minimum absolute atomic E-state index is 0.0901. The quantitative estimate of drug-likeness (QED) is 0.686. The van der Waals surface area contributed by atoms with E-state index in [0.717, 1.165) is 0 Å². The van der Waals surface area contributed by atoms with Gasteiger partial charge in [-0.1, -0.05) is 6.07 Å². The molecule has 8 heteroatoms. The fourth-order valence-electron chi connectivity index (χ4n) is 1.88. The lowest BCUT2D eigenvalue weighted by Crippen LogP contribution is -2.40. The molecule has 1 rings (SSSR count). The van der Waals surface area contributed by atoms with Gasteiger partial charge in [0.2, 0.25) is 15.9 Å². The van der Waals surface area contributed by atoms with Gasteiger partial charge in [0, 0.05) is 24.9 Å². The molecular formula is C15H25N3O4S. The number of hydrogen-bond acceptors (Lipinski definition) is 5. The predicted octanol–water partition coefficient (Wildman–Crippen LogP) is 1.07. The molecule has 23 heavy (non-hydrogen) atoms. The molecule has 0 aliphatic heterocycles. The smallest absolute Gasteiger partial charge is 0.241 e. The third-order valence-electron chi connectivity index (χ3n) is 2.88. The van der Waals surface area contributed by atoms with Crippen molar-refractivity contribution in [2.24, 2.45) is 5.73 Å². The number of anilines is 1. The van der Waals surface area contributed by atoms with Crippen LogP contribution >= 0.6 is 0 Å². The Bertz CT molecular complexity index is 634. The Morgan fingerprint density at radius 1 is 1.35 bits per heavy atom. The van der Waals surface area contributed by atoms with Crippen LogP contribution in [0.1, 0.15) is 27.2 Å². The topological polar surface area (TPSA) is 111 Å². The van der Waals surface area contributed by atoms with Crippen LogP contribution in [-0.2, 0) is 19.6 Å². The fourth-order valence-corrected chi connectivity index (χ4v) is 3.35. The van der Waals surface area contributed by atoms with Crippen molar-refractivity contribution in [3.05, 3.63) is 24.3 Å². The average molecular weight is 343 g/mol. The molecule has 0 radical (unpaired) electrons. The van der Waals surface area contributed by atoms with Crippen molar-refractivity contribution >= 4 is 21.6 Å². The first-order valence-corrected chi connectivity index (χ1v) is 8.72. The third kappa shape index (κ3) is 6.66. The molecule has 0 saturated heterocycles. The Morgan fingerprint density at radius 3 is 2.52 bits per heavy atom. The lowest BCUT2D eigenvalue weighted by atomic mass is 10.1. The average Bonchev–Trinajstić information content (AvgIpc) is 2.42. The maximum absolute atomic E-state index is 12.3. The monoisotopic (exact) mass is 343 g/mol. The summed E-state index contributed by atoms with van der Waals surface area (Å²) in [7, 11) is -2.17. The zero-order chi connectivity index (χ0) is 17.7. The number of rotatable bonds is 7. The summed E-state index contributed by atoms with van der Waals surface area (Å²) in [5, 5.41) is 2.65. The van der Waals surface area contributed by atoms with Crippen LogP contribution in [-0.4, -0.2) is 39.6 Å². The van der Waals surface area contributed by atoms with Crippen molar-refractivity contribution in [3.63, 3.8) is 0 Å². The summed E-state index contributed by atoms with van der Waals surface area (Å²) in [6, 6.07) is 6.08. The number of hydrogen-bond donors (Lipinski definition) is 3. The predicted molar refractivity (Wildman–Crippen MR) is 89.6 cm³/mol. The standard InChI is InChI=1S/C15H25N3O4S/c1-15(2,3)18-23(20,21)13-7-5-6-11(8-13)17-14(19)9-12(10-16)22-4/h5-8,12,18H,9-10,16H2,1-4H3,(H,17,19). The SMILES string of the molecule is COC(CN)CC(=O)Nc1cccc(S(=O)(=O)NC(C)(C)C)c1. The normalized spacial score (nSPS) is 13.6. The second kappa shape index (κ2) is 7.87. The molecule has 1 unspecified atom stereocenters. The van der Waals surface area contributed by atoms with Crippen LogP contribution in [0.15, 0.2) is 29.2 Å². The Morgan fingerprint density at radius 2 is 2.00 bits per heavy atom. The zero-order valence-corrected chi connectivity index (χ0v) is 14.7. The summed E-state index contributed by atoms with van der Waals surface area (Å²) in [6.45, 7) is 5.50. The van der Waals surface area contributed by atoms with Crippen molar-refractivity contribution in [1.82, 2.24) is 4.72 Å². The molecule has 0 aromatic heterocycles. The number of nitrogens with one attached hydrogen (secondary N) is 2. The Hall–Kier alpha value is -1.48. The number of sulfonamides is 1. The number of amides is 1. The molecule has 0 aliphatic carbocycles. The first kappa shape index (κ1) is 19.6. The van der Waals surface area contributed by atoms with E-state index in [1.165, 1.54) is 19.2 Å². The number of carbonyl (C=O) groups is 1. The van der Waals surface area contributed by atoms with E-state index in [9.17, 15) is 13.2 Å². The molecular weight excluding hydrogens is 318 g/mol. The van der Waals surface area contributed by atoms with Crippen LogP contribution in [0.5, 0.6) is 0 Å². The van der Waals surface area contributed by atoms with Gasteiger partial charge in [-0.3, -0.25) is 4.79 Å². The van der Waals surface area contributed by atoms with Gasteiger partial charge in [0.15, 0.2) is 0 Å². The number of methoxy groups -OCH3 is 1. The summed E-state index contributed by atoms with van der Waals surface area (Å²) in [5.41, 5.74) is 5.28. The molecule has 1 atom stereocenters. The highest BCUT2D eigenvalue weighted by Crippen LogP contribution is 2.17. The van der Waals surface area contributed by atoms with Gasteiger partial charge in [0.05, 0.1) is 17.4 Å². The highest BCUT2D eigenvalue weighted by molar-refractivity contribution is 7.89. The highest BCUT2D eigenvalue weighted by Gasteiger charge is 2.22. The summed E-state index contributed by atoms with van der Waals surface area (Å²) < 4.78 is 32.2. The van der Waals surface area contributed by atoms with Gasteiger partial charge in [0.1, 0.15) is 0 Å². The number of nitrogens with two attached hydrogens (primary N) is 1. The van der Waals surface area contributed by atoms with Crippen molar-refractivity contribution in [2.75, 3.05) is 19.0 Å². The van der Waals surface area contributed by atoms with E-state index in [2.05, 4.69) is 10.0 Å². The van der Waals surface area contributed by atoms with Crippen molar-refractivity contribution in [2.45, 2.75) is 43.7 Å². The number of ether oxygens (including phenoxy) is 1. The van der Waals surface area contributed by atoms with Gasteiger partial charge >= 0.3 is 0 Å². The lowest BCUT2D eigenvalue weighted by Gasteiger charge is -2.20. The molecule has 4 N–H and O–H groups in total. The minimum Gasteiger partial charge on any atom is -0.380 e. The van der Waals surface area contributed by atoms with Gasteiger partial charge in [0.25, 0.3) is 0 Å². The molecule has 0 saturated carbocycles. The number of carbonyl (C=O) groups excluding carboxylic acids is 1. The van der Waals surface area contributed by atoms with Crippen LogP contribution in [0.3, 0.4) is 0 Å². The van der Waals surface area contributed by atoms with Crippen LogP contribution < -0.4 is 15.8 Å². The van der Waals surface area contributed by atoms with Gasteiger partial charge in [-0.25, -0.2) is 13.1 Å². The third-order valence-corrected chi connectivity index (χ3v) is 4.63. The van der Waals surface area contributed by atoms with Gasteiger partial charge in [-0.05, 0) is 39.0 Å². The summed E-state index contributed by atoms with van der Waals surface area (Å²) in [4.78, 5) is 12.0. The maximum Gasteiger partial charge on any atom is 0.241 e. The van der Waals surface area contributed by atoms with E-state index in [1.54, 1.807) is 32.9 Å². The molecule has 7 nitrogen and oxygen atoms in total. The van der Waals surface area contributed by atoms with E-state index in [-0.39, 0.29) is 29.9 Å². The molecule has 0 spiro atoms. The minimum atomic E-state index is -3.65. The van der Waals surface area contributed by atoms with Crippen LogP contribution in [0.4, 0.5) is 5.69 Å². The van der Waals surface area contributed by atoms with Crippen molar-refractivity contribution in [3.8, 4) is 0 Å². The number of benzene rings is 1.